The Morgan fingerprint density at radius 3 is 2.31 bits per heavy atom. The van der Waals surface area contributed by atoms with E-state index < -0.39 is 34.0 Å². The van der Waals surface area contributed by atoms with Crippen molar-refractivity contribution < 1.29 is 27.1 Å². The van der Waals surface area contributed by atoms with Crippen molar-refractivity contribution in [2.45, 2.75) is 19.2 Å². The molecule has 0 bridgehead atoms. The van der Waals surface area contributed by atoms with Crippen LogP contribution in [0.25, 0.3) is 0 Å². The van der Waals surface area contributed by atoms with E-state index in [9.17, 15) is 22.0 Å². The first-order valence-electron chi connectivity index (χ1n) is 3.93. The van der Waals surface area contributed by atoms with Gasteiger partial charge in [0.15, 0.2) is 0 Å². The highest BCUT2D eigenvalue weighted by Gasteiger charge is 2.37. The lowest BCUT2D eigenvalue weighted by Gasteiger charge is -2.14. The molecule has 0 aromatic carbocycles. The molecule has 0 aliphatic carbocycles. The first-order valence-corrected chi connectivity index (χ1v) is 5.00. The fourth-order valence-corrected chi connectivity index (χ4v) is 1.93. The molecule has 1 aromatic rings. The molecular formula is C8H5F5INO. The minimum Gasteiger partial charge on any atom is -0.390 e. The molecule has 1 aromatic heterocycles. The van der Waals surface area contributed by atoms with Crippen molar-refractivity contribution in [1.82, 2.24) is 4.98 Å². The highest BCUT2D eigenvalue weighted by Crippen LogP contribution is 2.38. The molecule has 0 saturated heterocycles. The largest absolute Gasteiger partial charge is 0.417 e. The van der Waals surface area contributed by atoms with E-state index >= 15 is 0 Å². The Kier molecular flexibility index (Phi) is 4.05. The van der Waals surface area contributed by atoms with Crippen molar-refractivity contribution in [2.75, 3.05) is 0 Å². The van der Waals surface area contributed by atoms with Gasteiger partial charge in [0.25, 0.3) is 6.43 Å². The van der Waals surface area contributed by atoms with E-state index in [1.54, 1.807) is 0 Å². The van der Waals surface area contributed by atoms with Crippen LogP contribution < -0.4 is 0 Å². The number of nitrogens with zero attached hydrogens (tertiary/aromatic N) is 1. The van der Waals surface area contributed by atoms with Crippen LogP contribution in [0.4, 0.5) is 22.0 Å². The van der Waals surface area contributed by atoms with Crippen LogP contribution >= 0.6 is 22.6 Å². The van der Waals surface area contributed by atoms with Crippen LogP contribution in [0.3, 0.4) is 0 Å². The molecule has 0 radical (unpaired) electrons. The van der Waals surface area contributed by atoms with Crippen LogP contribution in [0.2, 0.25) is 0 Å². The average Bonchev–Trinajstić information content (AvgIpc) is 2.14. The highest BCUT2D eigenvalue weighted by atomic mass is 127. The van der Waals surface area contributed by atoms with Gasteiger partial charge < -0.3 is 5.11 Å². The smallest absolute Gasteiger partial charge is 0.390 e. The predicted molar refractivity (Wildman–Crippen MR) is 52.8 cm³/mol. The van der Waals surface area contributed by atoms with Crippen molar-refractivity contribution in [3.05, 3.63) is 26.6 Å². The van der Waals surface area contributed by atoms with Gasteiger partial charge in [-0.05, 0) is 28.7 Å². The highest BCUT2D eigenvalue weighted by molar-refractivity contribution is 14.1. The summed E-state index contributed by atoms with van der Waals surface area (Å²) in [6.45, 7) is -0.734. The minimum atomic E-state index is -4.89. The topological polar surface area (TPSA) is 33.1 Å². The average molecular weight is 353 g/mol. The van der Waals surface area contributed by atoms with E-state index in [1.165, 1.54) is 22.6 Å². The van der Waals surface area contributed by atoms with Crippen molar-refractivity contribution in [1.29, 1.82) is 0 Å². The van der Waals surface area contributed by atoms with E-state index in [4.69, 9.17) is 5.11 Å². The Bertz CT molecular complexity index is 393. The zero-order chi connectivity index (χ0) is 12.5. The van der Waals surface area contributed by atoms with Gasteiger partial charge in [-0.15, -0.1) is 0 Å². The van der Waals surface area contributed by atoms with Crippen LogP contribution in [0.5, 0.6) is 0 Å². The van der Waals surface area contributed by atoms with E-state index in [0.29, 0.717) is 6.07 Å². The zero-order valence-electron chi connectivity index (χ0n) is 7.52. The molecule has 1 rings (SSSR count). The molecule has 16 heavy (non-hydrogen) atoms. The molecule has 8 heteroatoms. The van der Waals surface area contributed by atoms with Crippen LogP contribution in [0.15, 0.2) is 6.07 Å². The van der Waals surface area contributed by atoms with Crippen LogP contribution in [-0.4, -0.2) is 10.1 Å². The third-order valence-corrected chi connectivity index (χ3v) is 2.57. The number of aliphatic hydroxyl groups excluding tert-OH is 1. The van der Waals surface area contributed by atoms with Gasteiger partial charge >= 0.3 is 6.18 Å². The second-order valence-corrected chi connectivity index (χ2v) is 3.84. The Labute approximate surface area is 101 Å². The first-order chi connectivity index (χ1) is 7.27. The summed E-state index contributed by atoms with van der Waals surface area (Å²) in [7, 11) is 0. The Morgan fingerprint density at radius 2 is 1.94 bits per heavy atom. The number of rotatable bonds is 2. The molecule has 90 valence electrons. The molecular weight excluding hydrogens is 348 g/mol. The zero-order valence-corrected chi connectivity index (χ0v) is 9.68. The summed E-state index contributed by atoms with van der Waals surface area (Å²) in [5, 5.41) is 8.66. The summed E-state index contributed by atoms with van der Waals surface area (Å²) in [4.78, 5) is 3.44. The van der Waals surface area contributed by atoms with Gasteiger partial charge in [-0.1, -0.05) is 0 Å². The number of aromatic nitrogens is 1. The number of pyridine rings is 1. The lowest BCUT2D eigenvalue weighted by atomic mass is 10.1. The van der Waals surface area contributed by atoms with Crippen LogP contribution in [-0.2, 0) is 12.8 Å². The standard InChI is InChI=1S/C8H5F5INO/c9-6(10)5-4(8(11,12)13)1-3(2-16)15-7(5)14/h1,6,16H,2H2. The molecule has 0 fully saturated rings. The fraction of sp³-hybridized carbons (Fsp3) is 0.375. The molecule has 1 N–H and O–H groups in total. The van der Waals surface area contributed by atoms with Gasteiger partial charge in [-0.3, -0.25) is 0 Å². The van der Waals surface area contributed by atoms with Gasteiger partial charge in [0.2, 0.25) is 0 Å². The molecule has 0 spiro atoms. The number of hydrogen-bond donors (Lipinski definition) is 1. The monoisotopic (exact) mass is 353 g/mol. The molecule has 0 unspecified atom stereocenters. The normalized spacial score (nSPS) is 12.2. The fourth-order valence-electron chi connectivity index (χ4n) is 1.10. The second-order valence-electron chi connectivity index (χ2n) is 2.82. The van der Waals surface area contributed by atoms with E-state index in [-0.39, 0.29) is 5.69 Å². The Balaban J connectivity index is 3.47. The third kappa shape index (κ3) is 2.78. The van der Waals surface area contributed by atoms with Gasteiger partial charge in [-0.2, -0.15) is 13.2 Å². The lowest BCUT2D eigenvalue weighted by molar-refractivity contribution is -0.139. The molecule has 0 amide bonds. The third-order valence-electron chi connectivity index (χ3n) is 1.75. The quantitative estimate of drug-likeness (QED) is 0.504. The summed E-state index contributed by atoms with van der Waals surface area (Å²) in [5.74, 6) is 0. The molecule has 0 aliphatic heterocycles. The predicted octanol–water partition coefficient (Wildman–Crippen LogP) is 3.13. The maximum absolute atomic E-state index is 12.5. The van der Waals surface area contributed by atoms with Crippen molar-refractivity contribution in [3.63, 3.8) is 0 Å². The van der Waals surface area contributed by atoms with E-state index in [2.05, 4.69) is 4.98 Å². The maximum Gasteiger partial charge on any atom is 0.417 e. The molecule has 0 aliphatic rings. The lowest BCUT2D eigenvalue weighted by Crippen LogP contribution is -2.13. The maximum atomic E-state index is 12.5. The van der Waals surface area contributed by atoms with E-state index in [1.807, 2.05) is 0 Å². The summed E-state index contributed by atoms with van der Waals surface area (Å²) in [6.07, 6.45) is -8.15. The molecule has 1 heterocycles. The van der Waals surface area contributed by atoms with Crippen molar-refractivity contribution >= 4 is 22.6 Å². The van der Waals surface area contributed by atoms with Crippen molar-refractivity contribution in [3.8, 4) is 0 Å². The van der Waals surface area contributed by atoms with Gasteiger partial charge in [0.05, 0.1) is 23.4 Å². The first kappa shape index (κ1) is 13.6. The second kappa shape index (κ2) is 4.78. The van der Waals surface area contributed by atoms with Gasteiger partial charge in [0, 0.05) is 0 Å². The number of alkyl halides is 5. The minimum absolute atomic E-state index is 0.291. The SMILES string of the molecule is OCc1cc(C(F)(F)F)c(C(F)F)c(I)n1. The molecule has 0 saturated carbocycles. The summed E-state index contributed by atoms with van der Waals surface area (Å²) in [6, 6.07) is 0.434. The number of aliphatic hydroxyl groups is 1. The van der Waals surface area contributed by atoms with E-state index in [0.717, 1.165) is 0 Å². The number of hydrogen-bond acceptors (Lipinski definition) is 2. The Morgan fingerprint density at radius 1 is 1.38 bits per heavy atom. The summed E-state index contributed by atoms with van der Waals surface area (Å²) < 4.78 is 61.8. The van der Waals surface area contributed by atoms with Gasteiger partial charge in [0.1, 0.15) is 3.70 Å². The molecule has 0 atom stereocenters. The molecule has 2 nitrogen and oxygen atoms in total. The van der Waals surface area contributed by atoms with Gasteiger partial charge in [-0.25, -0.2) is 13.8 Å². The number of halogens is 6. The van der Waals surface area contributed by atoms with Crippen molar-refractivity contribution in [2.24, 2.45) is 0 Å². The Hall–Kier alpha value is -0.510. The van der Waals surface area contributed by atoms with Crippen LogP contribution in [0.1, 0.15) is 23.2 Å². The van der Waals surface area contributed by atoms with Crippen LogP contribution in [0, 0.1) is 3.70 Å². The summed E-state index contributed by atoms with van der Waals surface area (Å²) >= 11 is 1.29. The summed E-state index contributed by atoms with van der Waals surface area (Å²) in [5.41, 5.74) is -2.89.